The largest absolute Gasteiger partial charge is 0.390 e. The molecule has 0 saturated carbocycles. The third-order valence-electron chi connectivity index (χ3n) is 2.65. The van der Waals surface area contributed by atoms with Gasteiger partial charge in [0.15, 0.2) is 0 Å². The van der Waals surface area contributed by atoms with E-state index in [1.54, 1.807) is 11.0 Å². The van der Waals surface area contributed by atoms with Crippen LogP contribution in [0.1, 0.15) is 5.56 Å². The Morgan fingerprint density at radius 3 is 2.61 bits per heavy atom. The SMILES string of the molecule is Cl.N[C@H](Cc1ccccc1)[C@H](O)Cn1cncn1. The minimum absolute atomic E-state index is 0. The number of rotatable bonds is 5. The van der Waals surface area contributed by atoms with E-state index >= 15 is 0 Å². The summed E-state index contributed by atoms with van der Waals surface area (Å²) in [7, 11) is 0. The highest BCUT2D eigenvalue weighted by Crippen LogP contribution is 2.05. The van der Waals surface area contributed by atoms with Gasteiger partial charge in [-0.15, -0.1) is 12.4 Å². The zero-order valence-electron chi connectivity index (χ0n) is 9.88. The van der Waals surface area contributed by atoms with Crippen molar-refractivity contribution in [3.8, 4) is 0 Å². The highest BCUT2D eigenvalue weighted by molar-refractivity contribution is 5.85. The van der Waals surface area contributed by atoms with Gasteiger partial charge in [-0.25, -0.2) is 4.98 Å². The molecule has 6 heteroatoms. The van der Waals surface area contributed by atoms with E-state index in [2.05, 4.69) is 10.1 Å². The Kier molecular flexibility index (Phi) is 5.77. The van der Waals surface area contributed by atoms with Crippen LogP contribution in [-0.2, 0) is 13.0 Å². The first kappa shape index (κ1) is 14.6. The van der Waals surface area contributed by atoms with Gasteiger partial charge < -0.3 is 10.8 Å². The molecule has 0 saturated heterocycles. The van der Waals surface area contributed by atoms with E-state index < -0.39 is 6.10 Å². The molecule has 5 nitrogen and oxygen atoms in total. The maximum atomic E-state index is 9.94. The number of hydrogen-bond acceptors (Lipinski definition) is 4. The van der Waals surface area contributed by atoms with Gasteiger partial charge in [0.05, 0.1) is 12.6 Å². The van der Waals surface area contributed by atoms with E-state index in [-0.39, 0.29) is 18.4 Å². The summed E-state index contributed by atoms with van der Waals surface area (Å²) in [6, 6.07) is 9.59. The van der Waals surface area contributed by atoms with Crippen LogP contribution in [0.2, 0.25) is 0 Å². The Morgan fingerprint density at radius 2 is 2.00 bits per heavy atom. The molecule has 0 spiro atoms. The molecule has 0 bridgehead atoms. The lowest BCUT2D eigenvalue weighted by molar-refractivity contribution is 0.120. The summed E-state index contributed by atoms with van der Waals surface area (Å²) in [6.45, 7) is 0.369. The Morgan fingerprint density at radius 1 is 1.28 bits per heavy atom. The molecule has 0 aliphatic heterocycles. The van der Waals surface area contributed by atoms with Crippen LogP contribution in [0.15, 0.2) is 43.0 Å². The van der Waals surface area contributed by atoms with Gasteiger partial charge in [0.2, 0.25) is 0 Å². The van der Waals surface area contributed by atoms with Crippen molar-refractivity contribution in [3.63, 3.8) is 0 Å². The second kappa shape index (κ2) is 7.10. The maximum Gasteiger partial charge on any atom is 0.137 e. The molecular weight excluding hydrogens is 252 g/mol. The van der Waals surface area contributed by atoms with Crippen molar-refractivity contribution in [2.75, 3.05) is 0 Å². The number of benzene rings is 1. The van der Waals surface area contributed by atoms with Crippen molar-refractivity contribution in [1.29, 1.82) is 0 Å². The molecular formula is C12H17ClN4O. The third-order valence-corrected chi connectivity index (χ3v) is 2.65. The minimum Gasteiger partial charge on any atom is -0.390 e. The van der Waals surface area contributed by atoms with Crippen molar-refractivity contribution < 1.29 is 5.11 Å². The molecule has 2 rings (SSSR count). The van der Waals surface area contributed by atoms with Crippen molar-refractivity contribution in [3.05, 3.63) is 48.5 Å². The molecule has 3 N–H and O–H groups in total. The lowest BCUT2D eigenvalue weighted by Crippen LogP contribution is -2.39. The number of halogens is 1. The lowest BCUT2D eigenvalue weighted by atomic mass is 10.0. The maximum absolute atomic E-state index is 9.94. The Labute approximate surface area is 112 Å². The Hall–Kier alpha value is -1.43. The zero-order valence-corrected chi connectivity index (χ0v) is 10.7. The van der Waals surface area contributed by atoms with E-state index in [0.29, 0.717) is 13.0 Å². The molecule has 1 aromatic carbocycles. The van der Waals surface area contributed by atoms with Gasteiger partial charge in [-0.3, -0.25) is 4.68 Å². The highest BCUT2D eigenvalue weighted by Gasteiger charge is 2.15. The lowest BCUT2D eigenvalue weighted by Gasteiger charge is -2.18. The Bertz CT molecular complexity index is 435. The molecule has 0 aliphatic rings. The first-order valence-electron chi connectivity index (χ1n) is 5.55. The molecule has 2 atom stereocenters. The number of nitrogens with zero attached hydrogens (tertiary/aromatic N) is 3. The second-order valence-corrected chi connectivity index (χ2v) is 4.04. The van der Waals surface area contributed by atoms with Crippen LogP contribution in [0.4, 0.5) is 0 Å². The van der Waals surface area contributed by atoms with Gasteiger partial charge in [0, 0.05) is 6.04 Å². The van der Waals surface area contributed by atoms with Crippen LogP contribution in [0.3, 0.4) is 0 Å². The molecule has 98 valence electrons. The number of aliphatic hydroxyl groups excluding tert-OH is 1. The first-order valence-corrected chi connectivity index (χ1v) is 5.55. The van der Waals surface area contributed by atoms with Crippen LogP contribution in [-0.4, -0.2) is 32.0 Å². The normalized spacial score (nSPS) is 13.7. The zero-order chi connectivity index (χ0) is 12.1. The molecule has 0 radical (unpaired) electrons. The van der Waals surface area contributed by atoms with Crippen LogP contribution in [0.25, 0.3) is 0 Å². The van der Waals surface area contributed by atoms with E-state index in [4.69, 9.17) is 5.73 Å². The van der Waals surface area contributed by atoms with Crippen molar-refractivity contribution in [1.82, 2.24) is 14.8 Å². The predicted octanol–water partition coefficient (Wildman–Crippen LogP) is 0.631. The van der Waals surface area contributed by atoms with E-state index in [1.165, 1.54) is 6.33 Å². The molecule has 18 heavy (non-hydrogen) atoms. The van der Waals surface area contributed by atoms with Crippen molar-refractivity contribution in [2.45, 2.75) is 25.1 Å². The van der Waals surface area contributed by atoms with Gasteiger partial charge in [-0.05, 0) is 12.0 Å². The summed E-state index contributed by atoms with van der Waals surface area (Å²) in [5, 5.41) is 13.9. The van der Waals surface area contributed by atoms with Crippen molar-refractivity contribution in [2.24, 2.45) is 5.73 Å². The molecule has 0 aliphatic carbocycles. The second-order valence-electron chi connectivity index (χ2n) is 4.04. The summed E-state index contributed by atoms with van der Waals surface area (Å²) >= 11 is 0. The molecule has 1 heterocycles. The summed E-state index contributed by atoms with van der Waals surface area (Å²) in [4.78, 5) is 3.82. The highest BCUT2D eigenvalue weighted by atomic mass is 35.5. The van der Waals surface area contributed by atoms with Gasteiger partial charge in [-0.2, -0.15) is 5.10 Å². The average molecular weight is 269 g/mol. The topological polar surface area (TPSA) is 77.0 Å². The Balaban J connectivity index is 0.00000162. The fourth-order valence-electron chi connectivity index (χ4n) is 1.68. The molecule has 1 aromatic heterocycles. The number of nitrogens with two attached hydrogens (primary N) is 1. The van der Waals surface area contributed by atoms with Crippen molar-refractivity contribution >= 4 is 12.4 Å². The van der Waals surface area contributed by atoms with Crippen LogP contribution < -0.4 is 5.73 Å². The minimum atomic E-state index is -0.628. The summed E-state index contributed by atoms with van der Waals surface area (Å²) in [6.07, 6.45) is 3.03. The summed E-state index contributed by atoms with van der Waals surface area (Å²) in [5.74, 6) is 0. The van der Waals surface area contributed by atoms with Crippen LogP contribution in [0.5, 0.6) is 0 Å². The van der Waals surface area contributed by atoms with Crippen LogP contribution >= 0.6 is 12.4 Å². The molecule has 2 aromatic rings. The predicted molar refractivity (Wildman–Crippen MR) is 71.4 cm³/mol. The number of aromatic nitrogens is 3. The fourth-order valence-corrected chi connectivity index (χ4v) is 1.68. The summed E-state index contributed by atoms with van der Waals surface area (Å²) in [5.41, 5.74) is 7.08. The van der Waals surface area contributed by atoms with Gasteiger partial charge in [0.25, 0.3) is 0 Å². The van der Waals surface area contributed by atoms with Gasteiger partial charge >= 0.3 is 0 Å². The van der Waals surface area contributed by atoms with Gasteiger partial charge in [-0.1, -0.05) is 30.3 Å². The third kappa shape index (κ3) is 4.10. The number of aliphatic hydroxyl groups is 1. The molecule has 0 fully saturated rings. The fraction of sp³-hybridized carbons (Fsp3) is 0.333. The summed E-state index contributed by atoms with van der Waals surface area (Å²) < 4.78 is 1.58. The first-order chi connectivity index (χ1) is 8.25. The number of hydrogen-bond donors (Lipinski definition) is 2. The molecule has 0 amide bonds. The van der Waals surface area contributed by atoms with Gasteiger partial charge in [0.1, 0.15) is 12.7 Å². The quantitative estimate of drug-likeness (QED) is 0.834. The van der Waals surface area contributed by atoms with E-state index in [1.807, 2.05) is 30.3 Å². The van der Waals surface area contributed by atoms with E-state index in [9.17, 15) is 5.11 Å². The van der Waals surface area contributed by atoms with Crippen LogP contribution in [0, 0.1) is 0 Å². The monoisotopic (exact) mass is 268 g/mol. The standard InChI is InChI=1S/C12H16N4O.ClH/c13-11(6-10-4-2-1-3-5-10)12(17)7-16-9-14-8-15-16;/h1-5,8-9,11-12,17H,6-7,13H2;1H/t11-,12-;/m1./s1. The smallest absolute Gasteiger partial charge is 0.137 e. The van der Waals surface area contributed by atoms with E-state index in [0.717, 1.165) is 5.56 Å². The average Bonchev–Trinajstić information content (AvgIpc) is 2.83. The molecule has 0 unspecified atom stereocenters.